The van der Waals surface area contributed by atoms with Crippen LogP contribution in [0.5, 0.6) is 0 Å². The summed E-state index contributed by atoms with van der Waals surface area (Å²) in [6, 6.07) is -0.823. The molecule has 1 unspecified atom stereocenters. The number of nitrogens with one attached hydrogen (secondary N) is 2. The fourth-order valence-corrected chi connectivity index (χ4v) is 1.91. The average Bonchev–Trinajstić information content (AvgIpc) is 2.91. The van der Waals surface area contributed by atoms with E-state index >= 15 is 0 Å². The minimum atomic E-state index is -1.04. The van der Waals surface area contributed by atoms with Gasteiger partial charge >= 0.3 is 5.97 Å². The maximum absolute atomic E-state index is 11.8. The molecule has 1 fully saturated rings. The van der Waals surface area contributed by atoms with Crippen LogP contribution in [0.15, 0.2) is 0 Å². The van der Waals surface area contributed by atoms with Gasteiger partial charge in [0, 0.05) is 6.54 Å². The lowest BCUT2D eigenvalue weighted by Gasteiger charge is -2.21. The van der Waals surface area contributed by atoms with E-state index in [1.54, 1.807) is 0 Å². The third-order valence-electron chi connectivity index (χ3n) is 2.93. The summed E-state index contributed by atoms with van der Waals surface area (Å²) >= 11 is 0. The van der Waals surface area contributed by atoms with Crippen molar-refractivity contribution < 1.29 is 24.3 Å². The quantitative estimate of drug-likeness (QED) is 0.417. The van der Waals surface area contributed by atoms with Gasteiger partial charge in [-0.15, -0.1) is 0 Å². The Morgan fingerprint density at radius 3 is 2.40 bits per heavy atom. The zero-order chi connectivity index (χ0) is 15.1. The number of nitrogens with zero attached hydrogens (tertiary/aromatic N) is 1. The van der Waals surface area contributed by atoms with Gasteiger partial charge in [0.05, 0.1) is 19.6 Å². The zero-order valence-electron chi connectivity index (χ0n) is 10.9. The molecule has 0 bridgehead atoms. The zero-order valence-corrected chi connectivity index (χ0v) is 10.9. The molecule has 1 heterocycles. The van der Waals surface area contributed by atoms with Crippen molar-refractivity contribution in [3.63, 3.8) is 0 Å². The molecule has 1 aliphatic rings. The third-order valence-corrected chi connectivity index (χ3v) is 2.93. The lowest BCUT2D eigenvalue weighted by molar-refractivity contribution is -0.148. The molecule has 0 aliphatic carbocycles. The molecule has 1 atom stereocenters. The van der Waals surface area contributed by atoms with Crippen molar-refractivity contribution >= 4 is 23.7 Å². The normalized spacial score (nSPS) is 17.6. The predicted octanol–water partition coefficient (Wildman–Crippen LogP) is -2.75. The molecule has 5 N–H and O–H groups in total. The van der Waals surface area contributed by atoms with E-state index in [2.05, 4.69) is 10.6 Å². The summed E-state index contributed by atoms with van der Waals surface area (Å²) in [7, 11) is 0. The Hall–Kier alpha value is -2.16. The molecular formula is C11H18N4O5. The first-order chi connectivity index (χ1) is 9.45. The smallest absolute Gasteiger partial charge is 0.326 e. The number of hydrogen-bond acceptors (Lipinski definition) is 5. The molecule has 1 rings (SSSR count). The van der Waals surface area contributed by atoms with Crippen LogP contribution in [-0.2, 0) is 19.2 Å². The molecule has 0 radical (unpaired) electrons. The van der Waals surface area contributed by atoms with E-state index in [4.69, 9.17) is 10.8 Å². The van der Waals surface area contributed by atoms with Crippen LogP contribution in [0.3, 0.4) is 0 Å². The van der Waals surface area contributed by atoms with Crippen LogP contribution < -0.4 is 16.4 Å². The second kappa shape index (κ2) is 7.43. The molecule has 0 aromatic carbocycles. The number of hydrogen-bond donors (Lipinski definition) is 4. The molecule has 0 spiro atoms. The highest BCUT2D eigenvalue weighted by Gasteiger charge is 2.33. The number of nitrogens with two attached hydrogens (primary N) is 1. The van der Waals surface area contributed by atoms with E-state index in [1.807, 2.05) is 0 Å². The molecule has 1 saturated heterocycles. The molecule has 0 aromatic heterocycles. The summed E-state index contributed by atoms with van der Waals surface area (Å²) in [4.78, 5) is 46.1. The largest absolute Gasteiger partial charge is 0.480 e. The standard InChI is InChI=1S/C11H18N4O5/c12-4-8(16)13-5-9(17)14-6-10(18)15-3-1-2-7(15)11(19)20/h7H,1-6,12H2,(H,13,16)(H,14,17)(H,19,20). The highest BCUT2D eigenvalue weighted by atomic mass is 16.4. The van der Waals surface area contributed by atoms with Gasteiger partial charge < -0.3 is 26.4 Å². The van der Waals surface area contributed by atoms with Gasteiger partial charge in [-0.2, -0.15) is 0 Å². The van der Waals surface area contributed by atoms with Crippen molar-refractivity contribution in [3.05, 3.63) is 0 Å². The van der Waals surface area contributed by atoms with Crippen molar-refractivity contribution in [1.29, 1.82) is 0 Å². The Kier molecular flexibility index (Phi) is 5.91. The molecule has 20 heavy (non-hydrogen) atoms. The number of likely N-dealkylation sites (tertiary alicyclic amines) is 1. The fourth-order valence-electron chi connectivity index (χ4n) is 1.91. The predicted molar refractivity (Wildman–Crippen MR) is 67.4 cm³/mol. The van der Waals surface area contributed by atoms with E-state index in [1.165, 1.54) is 4.90 Å². The first kappa shape index (κ1) is 15.9. The number of rotatable bonds is 6. The number of carboxylic acids is 1. The van der Waals surface area contributed by atoms with Gasteiger partial charge in [0.1, 0.15) is 6.04 Å². The van der Waals surface area contributed by atoms with E-state index in [0.717, 1.165) is 0 Å². The fraction of sp³-hybridized carbons (Fsp3) is 0.636. The molecule has 1 aliphatic heterocycles. The summed E-state index contributed by atoms with van der Waals surface area (Å²) in [6.45, 7) is -0.414. The van der Waals surface area contributed by atoms with E-state index < -0.39 is 29.7 Å². The maximum Gasteiger partial charge on any atom is 0.326 e. The lowest BCUT2D eigenvalue weighted by Crippen LogP contribution is -2.47. The van der Waals surface area contributed by atoms with Crippen molar-refractivity contribution in [2.24, 2.45) is 5.73 Å². The van der Waals surface area contributed by atoms with E-state index in [-0.39, 0.29) is 19.6 Å². The monoisotopic (exact) mass is 286 g/mol. The highest BCUT2D eigenvalue weighted by molar-refractivity contribution is 5.90. The molecule has 112 valence electrons. The summed E-state index contributed by atoms with van der Waals surface area (Å²) in [5, 5.41) is 13.5. The van der Waals surface area contributed by atoms with Crippen LogP contribution in [0.4, 0.5) is 0 Å². The molecule has 9 heteroatoms. The Bertz CT molecular complexity index is 412. The summed E-state index contributed by atoms with van der Waals surface area (Å²) in [6.07, 6.45) is 1.05. The van der Waals surface area contributed by atoms with Gasteiger partial charge in [-0.25, -0.2) is 4.79 Å². The Balaban J connectivity index is 2.34. The Labute approximate surface area is 115 Å². The number of carboxylic acid groups (broad SMARTS) is 1. The summed E-state index contributed by atoms with van der Waals surface area (Å²) in [5.74, 6) is -2.51. The first-order valence-corrected chi connectivity index (χ1v) is 6.21. The van der Waals surface area contributed by atoms with Crippen molar-refractivity contribution in [2.75, 3.05) is 26.2 Å². The third kappa shape index (κ3) is 4.50. The van der Waals surface area contributed by atoms with Crippen LogP contribution in [0, 0.1) is 0 Å². The topological polar surface area (TPSA) is 142 Å². The number of aliphatic carboxylic acids is 1. The lowest BCUT2D eigenvalue weighted by atomic mass is 10.2. The highest BCUT2D eigenvalue weighted by Crippen LogP contribution is 2.16. The molecule has 9 nitrogen and oxygen atoms in total. The summed E-state index contributed by atoms with van der Waals surface area (Å²) < 4.78 is 0. The summed E-state index contributed by atoms with van der Waals surface area (Å²) in [5.41, 5.74) is 5.05. The number of carbonyl (C=O) groups excluding carboxylic acids is 3. The number of amides is 3. The van der Waals surface area contributed by atoms with Crippen molar-refractivity contribution in [1.82, 2.24) is 15.5 Å². The molecule has 0 saturated carbocycles. The van der Waals surface area contributed by atoms with Gasteiger partial charge in [0.2, 0.25) is 17.7 Å². The first-order valence-electron chi connectivity index (χ1n) is 6.21. The second-order valence-corrected chi connectivity index (χ2v) is 4.34. The van der Waals surface area contributed by atoms with Crippen molar-refractivity contribution in [2.45, 2.75) is 18.9 Å². The van der Waals surface area contributed by atoms with Gasteiger partial charge in [-0.1, -0.05) is 0 Å². The minimum absolute atomic E-state index is 0.222. The minimum Gasteiger partial charge on any atom is -0.480 e. The van der Waals surface area contributed by atoms with Gasteiger partial charge in [-0.3, -0.25) is 14.4 Å². The van der Waals surface area contributed by atoms with Crippen LogP contribution >= 0.6 is 0 Å². The van der Waals surface area contributed by atoms with Gasteiger partial charge in [0.25, 0.3) is 0 Å². The average molecular weight is 286 g/mol. The Morgan fingerprint density at radius 2 is 1.80 bits per heavy atom. The van der Waals surface area contributed by atoms with Crippen LogP contribution in [0.2, 0.25) is 0 Å². The maximum atomic E-state index is 11.8. The van der Waals surface area contributed by atoms with E-state index in [0.29, 0.717) is 19.4 Å². The van der Waals surface area contributed by atoms with Crippen LogP contribution in [0.1, 0.15) is 12.8 Å². The molecular weight excluding hydrogens is 268 g/mol. The molecule has 3 amide bonds. The van der Waals surface area contributed by atoms with Crippen molar-refractivity contribution in [3.8, 4) is 0 Å². The Morgan fingerprint density at radius 1 is 1.15 bits per heavy atom. The van der Waals surface area contributed by atoms with Crippen LogP contribution in [0.25, 0.3) is 0 Å². The molecule has 0 aromatic rings. The van der Waals surface area contributed by atoms with E-state index in [9.17, 15) is 19.2 Å². The number of carbonyl (C=O) groups is 4. The van der Waals surface area contributed by atoms with Gasteiger partial charge in [-0.05, 0) is 12.8 Å². The van der Waals surface area contributed by atoms with Gasteiger partial charge in [0.15, 0.2) is 0 Å². The SMILES string of the molecule is NCC(=O)NCC(=O)NCC(=O)N1CCCC1C(=O)O. The van der Waals surface area contributed by atoms with Crippen LogP contribution in [-0.4, -0.2) is 65.9 Å². The second-order valence-electron chi connectivity index (χ2n) is 4.34.